The number of β-amino-alcohol motifs (C(OH)–C–C–N with tert-alkyl or cyclic N) is 1. The highest BCUT2D eigenvalue weighted by molar-refractivity contribution is 4.96. The number of aliphatic hydroxyl groups excluding tert-OH is 1. The zero-order valence-corrected chi connectivity index (χ0v) is 11.5. The molecule has 4 atom stereocenters. The predicted octanol–water partition coefficient (Wildman–Crippen LogP) is -0.450. The topological polar surface area (TPSA) is 54.0 Å². The van der Waals surface area contributed by atoms with E-state index in [1.807, 2.05) is 0 Å². The molecule has 2 fully saturated rings. The number of ether oxygens (including phenoxy) is 2. The van der Waals surface area contributed by atoms with Crippen LogP contribution in [0.25, 0.3) is 0 Å². The van der Waals surface area contributed by atoms with Gasteiger partial charge in [-0.3, -0.25) is 4.90 Å². The summed E-state index contributed by atoms with van der Waals surface area (Å²) in [4.78, 5) is 2.40. The summed E-state index contributed by atoms with van der Waals surface area (Å²) < 4.78 is 10.3. The maximum absolute atomic E-state index is 9.97. The van der Waals surface area contributed by atoms with Crippen molar-refractivity contribution in [1.29, 1.82) is 0 Å². The van der Waals surface area contributed by atoms with Crippen molar-refractivity contribution in [3.05, 3.63) is 0 Å². The van der Waals surface area contributed by atoms with E-state index < -0.39 is 6.10 Å². The van der Waals surface area contributed by atoms with E-state index in [1.165, 1.54) is 0 Å². The summed E-state index contributed by atoms with van der Waals surface area (Å²) >= 11 is 0. The Hall–Kier alpha value is -0.200. The van der Waals surface area contributed by atoms with Crippen LogP contribution in [-0.2, 0) is 9.47 Å². The molecule has 2 rings (SSSR count). The van der Waals surface area contributed by atoms with Crippen molar-refractivity contribution in [1.82, 2.24) is 10.2 Å². The summed E-state index contributed by atoms with van der Waals surface area (Å²) in [6.07, 6.45) is -0.393. The summed E-state index contributed by atoms with van der Waals surface area (Å²) in [5, 5.41) is 13.4. The van der Waals surface area contributed by atoms with Crippen molar-refractivity contribution in [2.45, 2.75) is 19.1 Å². The van der Waals surface area contributed by atoms with Crippen molar-refractivity contribution >= 4 is 0 Å². The number of rotatable bonds is 7. The number of aliphatic hydroxyl groups is 1. The Morgan fingerprint density at radius 1 is 1.39 bits per heavy atom. The Bertz CT molecular complexity index is 252. The fraction of sp³-hybridized carbons (Fsp3) is 1.00. The summed E-state index contributed by atoms with van der Waals surface area (Å²) in [6.45, 7) is 7.90. The average molecular weight is 258 g/mol. The van der Waals surface area contributed by atoms with Crippen LogP contribution in [0.3, 0.4) is 0 Å². The van der Waals surface area contributed by atoms with Gasteiger partial charge in [-0.2, -0.15) is 0 Å². The van der Waals surface area contributed by atoms with Crippen molar-refractivity contribution in [2.75, 3.05) is 53.1 Å². The molecule has 0 aromatic carbocycles. The quantitative estimate of drug-likeness (QED) is 0.606. The van der Waals surface area contributed by atoms with Crippen LogP contribution in [0, 0.1) is 11.8 Å². The smallest absolute Gasteiger partial charge is 0.0900 e. The molecule has 0 aromatic rings. The van der Waals surface area contributed by atoms with Gasteiger partial charge in [0.05, 0.1) is 25.9 Å². The van der Waals surface area contributed by atoms with Gasteiger partial charge in [-0.05, 0) is 31.8 Å². The fourth-order valence-corrected chi connectivity index (χ4v) is 3.18. The number of fused-ring (bicyclic) bond motifs is 1. The van der Waals surface area contributed by atoms with Gasteiger partial charge in [0.1, 0.15) is 0 Å². The number of methoxy groups -OCH3 is 1. The molecule has 18 heavy (non-hydrogen) atoms. The second-order valence-corrected chi connectivity index (χ2v) is 5.50. The molecule has 5 nitrogen and oxygen atoms in total. The molecular formula is C13H26N2O3. The summed E-state index contributed by atoms with van der Waals surface area (Å²) in [7, 11) is 1.65. The zero-order valence-electron chi connectivity index (χ0n) is 11.5. The van der Waals surface area contributed by atoms with E-state index in [0.717, 1.165) is 38.0 Å². The highest BCUT2D eigenvalue weighted by Gasteiger charge is 2.41. The second-order valence-electron chi connectivity index (χ2n) is 5.50. The van der Waals surface area contributed by atoms with Crippen molar-refractivity contribution < 1.29 is 14.6 Å². The van der Waals surface area contributed by atoms with Gasteiger partial charge < -0.3 is 19.9 Å². The van der Waals surface area contributed by atoms with E-state index in [9.17, 15) is 5.11 Å². The number of nitrogens with zero attached hydrogens (tertiary/aromatic N) is 1. The van der Waals surface area contributed by atoms with Crippen LogP contribution in [-0.4, -0.2) is 75.3 Å². The van der Waals surface area contributed by atoms with Gasteiger partial charge >= 0.3 is 0 Å². The number of nitrogens with one attached hydrogen (secondary N) is 1. The Morgan fingerprint density at radius 2 is 2.22 bits per heavy atom. The molecule has 0 aromatic heterocycles. The van der Waals surface area contributed by atoms with Crippen LogP contribution in [0.2, 0.25) is 0 Å². The van der Waals surface area contributed by atoms with E-state index in [-0.39, 0.29) is 0 Å². The molecule has 2 heterocycles. The first-order chi connectivity index (χ1) is 8.72. The fourth-order valence-electron chi connectivity index (χ4n) is 3.18. The molecule has 0 amide bonds. The Morgan fingerprint density at radius 3 is 2.94 bits per heavy atom. The predicted molar refractivity (Wildman–Crippen MR) is 69.6 cm³/mol. The number of hydrogen-bond donors (Lipinski definition) is 2. The minimum atomic E-state index is -0.393. The molecule has 2 N–H and O–H groups in total. The molecule has 5 heteroatoms. The number of hydrogen-bond acceptors (Lipinski definition) is 5. The highest BCUT2D eigenvalue weighted by Crippen LogP contribution is 2.32. The molecule has 0 aliphatic carbocycles. The molecule has 0 bridgehead atoms. The Balaban J connectivity index is 1.66. The van der Waals surface area contributed by atoms with Gasteiger partial charge in [0.2, 0.25) is 0 Å². The van der Waals surface area contributed by atoms with Gasteiger partial charge in [0.15, 0.2) is 0 Å². The number of likely N-dealkylation sites (tertiary alicyclic amines) is 1. The maximum atomic E-state index is 9.97. The molecule has 106 valence electrons. The largest absolute Gasteiger partial charge is 0.389 e. The van der Waals surface area contributed by atoms with Crippen molar-refractivity contribution in [3.63, 3.8) is 0 Å². The van der Waals surface area contributed by atoms with Crippen LogP contribution in [0.15, 0.2) is 0 Å². The van der Waals surface area contributed by atoms with Gasteiger partial charge in [-0.1, -0.05) is 0 Å². The summed E-state index contributed by atoms with van der Waals surface area (Å²) in [5.74, 6) is 1.52. The second kappa shape index (κ2) is 6.82. The van der Waals surface area contributed by atoms with E-state index >= 15 is 0 Å². The van der Waals surface area contributed by atoms with Crippen LogP contribution < -0.4 is 5.32 Å². The molecule has 2 saturated heterocycles. The minimum Gasteiger partial charge on any atom is -0.389 e. The lowest BCUT2D eigenvalue weighted by atomic mass is 9.95. The standard InChI is InChI=1S/C13H26N2O3/c1-10-13-6-14-5-11(13)7-15(10)8-12(16)9-18-4-3-17-2/h10-14,16H,3-9H2,1-2H3. The van der Waals surface area contributed by atoms with Crippen LogP contribution >= 0.6 is 0 Å². The van der Waals surface area contributed by atoms with Crippen molar-refractivity contribution in [2.24, 2.45) is 11.8 Å². The van der Waals surface area contributed by atoms with Crippen LogP contribution in [0.1, 0.15) is 6.92 Å². The first-order valence-electron chi connectivity index (χ1n) is 6.92. The third-order valence-corrected chi connectivity index (χ3v) is 4.24. The van der Waals surface area contributed by atoms with Gasteiger partial charge in [0, 0.05) is 26.2 Å². The normalized spacial score (nSPS) is 33.8. The first kappa shape index (κ1) is 14.2. The third-order valence-electron chi connectivity index (χ3n) is 4.24. The van der Waals surface area contributed by atoms with E-state index in [2.05, 4.69) is 17.1 Å². The SMILES string of the molecule is COCCOCC(O)CN1CC2CNCC2C1C. The summed E-state index contributed by atoms with van der Waals surface area (Å²) in [6, 6.07) is 0.568. The highest BCUT2D eigenvalue weighted by atomic mass is 16.5. The van der Waals surface area contributed by atoms with Gasteiger partial charge in [-0.25, -0.2) is 0 Å². The first-order valence-corrected chi connectivity index (χ1v) is 6.92. The van der Waals surface area contributed by atoms with E-state index in [1.54, 1.807) is 7.11 Å². The average Bonchev–Trinajstić information content (AvgIpc) is 2.90. The third kappa shape index (κ3) is 3.42. The molecule has 4 unspecified atom stereocenters. The minimum absolute atomic E-state index is 0.393. The van der Waals surface area contributed by atoms with Crippen LogP contribution in [0.5, 0.6) is 0 Å². The van der Waals surface area contributed by atoms with Gasteiger partial charge in [-0.15, -0.1) is 0 Å². The molecule has 2 aliphatic heterocycles. The molecular weight excluding hydrogens is 232 g/mol. The molecule has 2 aliphatic rings. The zero-order chi connectivity index (χ0) is 13.0. The van der Waals surface area contributed by atoms with Crippen LogP contribution in [0.4, 0.5) is 0 Å². The summed E-state index contributed by atoms with van der Waals surface area (Å²) in [5.41, 5.74) is 0. The molecule has 0 saturated carbocycles. The van der Waals surface area contributed by atoms with E-state index in [0.29, 0.717) is 25.9 Å². The Kier molecular flexibility index (Phi) is 5.38. The molecule has 0 radical (unpaired) electrons. The lowest BCUT2D eigenvalue weighted by Gasteiger charge is -2.26. The van der Waals surface area contributed by atoms with Crippen molar-refractivity contribution in [3.8, 4) is 0 Å². The van der Waals surface area contributed by atoms with Gasteiger partial charge in [0.25, 0.3) is 0 Å². The monoisotopic (exact) mass is 258 g/mol. The lowest BCUT2D eigenvalue weighted by Crippen LogP contribution is -2.40. The van der Waals surface area contributed by atoms with E-state index in [4.69, 9.17) is 9.47 Å². The molecule has 0 spiro atoms. The maximum Gasteiger partial charge on any atom is 0.0900 e. The Labute approximate surface area is 109 Å². The lowest BCUT2D eigenvalue weighted by molar-refractivity contribution is -0.00259.